The third kappa shape index (κ3) is 4.06. The van der Waals surface area contributed by atoms with E-state index in [1.807, 2.05) is 23.9 Å². The number of aromatic nitrogens is 2. The van der Waals surface area contributed by atoms with Crippen molar-refractivity contribution in [2.75, 3.05) is 12.8 Å². The van der Waals surface area contributed by atoms with Gasteiger partial charge in [-0.2, -0.15) is 5.10 Å². The van der Waals surface area contributed by atoms with Crippen molar-refractivity contribution in [3.8, 4) is 0 Å². The zero-order valence-electron chi connectivity index (χ0n) is 10.3. The molecular weight excluding hydrogens is 222 g/mol. The summed E-state index contributed by atoms with van der Waals surface area (Å²) in [7, 11) is -0.714. The first-order valence-electron chi connectivity index (χ1n) is 5.68. The van der Waals surface area contributed by atoms with Gasteiger partial charge in [-0.25, -0.2) is 0 Å². The maximum Gasteiger partial charge on any atom is 0.0521 e. The molecule has 0 radical (unpaired) electrons. The summed E-state index contributed by atoms with van der Waals surface area (Å²) >= 11 is 0. The van der Waals surface area contributed by atoms with Gasteiger partial charge in [0.05, 0.1) is 5.69 Å². The zero-order chi connectivity index (χ0) is 12.0. The highest BCUT2D eigenvalue weighted by Crippen LogP contribution is 2.00. The summed E-state index contributed by atoms with van der Waals surface area (Å²) in [5.41, 5.74) is 1.20. The van der Waals surface area contributed by atoms with Gasteiger partial charge in [0.15, 0.2) is 0 Å². The van der Waals surface area contributed by atoms with E-state index < -0.39 is 10.8 Å². The minimum atomic E-state index is -0.714. The van der Waals surface area contributed by atoms with E-state index in [0.29, 0.717) is 0 Å². The smallest absolute Gasteiger partial charge is 0.0521 e. The fourth-order valence-electron chi connectivity index (χ4n) is 1.48. The Morgan fingerprint density at radius 2 is 2.38 bits per heavy atom. The Morgan fingerprint density at radius 1 is 1.62 bits per heavy atom. The van der Waals surface area contributed by atoms with Crippen LogP contribution in [-0.2, 0) is 23.9 Å². The first-order valence-corrected chi connectivity index (χ1v) is 7.31. The van der Waals surface area contributed by atoms with Gasteiger partial charge in [-0.05, 0) is 26.0 Å². The largest absolute Gasteiger partial charge is 0.311 e. The number of hydrogen-bond acceptors (Lipinski definition) is 3. The predicted molar refractivity (Wildman–Crippen MR) is 67.8 cm³/mol. The average Bonchev–Trinajstić information content (AvgIpc) is 2.71. The summed E-state index contributed by atoms with van der Waals surface area (Å²) in [5, 5.41) is 7.83. The third-order valence-electron chi connectivity index (χ3n) is 2.70. The lowest BCUT2D eigenvalue weighted by Gasteiger charge is -2.09. The second kappa shape index (κ2) is 6.81. The van der Waals surface area contributed by atoms with Gasteiger partial charge in [0.25, 0.3) is 0 Å². The maximum atomic E-state index is 11.1. The van der Waals surface area contributed by atoms with Crippen molar-refractivity contribution in [2.24, 2.45) is 0 Å². The van der Waals surface area contributed by atoms with Crippen LogP contribution in [0.2, 0.25) is 0 Å². The molecule has 0 aliphatic carbocycles. The number of hydrogen-bond donors (Lipinski definition) is 1. The van der Waals surface area contributed by atoms with Crippen molar-refractivity contribution in [1.29, 1.82) is 0 Å². The van der Waals surface area contributed by atoms with Gasteiger partial charge in [0.1, 0.15) is 0 Å². The van der Waals surface area contributed by atoms with Crippen LogP contribution in [0.25, 0.3) is 0 Å². The highest BCUT2D eigenvalue weighted by molar-refractivity contribution is 7.84. The van der Waals surface area contributed by atoms with E-state index in [1.165, 1.54) is 5.69 Å². The van der Waals surface area contributed by atoms with E-state index in [0.717, 1.165) is 26.1 Å². The summed E-state index contributed by atoms with van der Waals surface area (Å²) in [6, 6.07) is 2.03. The van der Waals surface area contributed by atoms with Crippen LogP contribution in [0.5, 0.6) is 0 Å². The van der Waals surface area contributed by atoms with E-state index in [-0.39, 0.29) is 5.25 Å². The van der Waals surface area contributed by atoms with Crippen LogP contribution >= 0.6 is 0 Å². The van der Waals surface area contributed by atoms with Crippen LogP contribution in [0, 0.1) is 0 Å². The van der Waals surface area contributed by atoms with Crippen LogP contribution < -0.4 is 5.32 Å². The fraction of sp³-hybridized carbons (Fsp3) is 0.727. The standard InChI is InChI=1S/C11H21N3OS/c1-4-14-11(6-8-13-14)9-12-7-5-10(2)16(3)15/h6,8,10,12H,4-5,7,9H2,1-3H3. The minimum Gasteiger partial charge on any atom is -0.311 e. The first kappa shape index (κ1) is 13.4. The van der Waals surface area contributed by atoms with E-state index in [1.54, 1.807) is 6.26 Å². The molecule has 2 unspecified atom stereocenters. The van der Waals surface area contributed by atoms with Crippen LogP contribution in [0.3, 0.4) is 0 Å². The van der Waals surface area contributed by atoms with E-state index in [4.69, 9.17) is 0 Å². The van der Waals surface area contributed by atoms with E-state index in [2.05, 4.69) is 17.3 Å². The Hall–Kier alpha value is -0.680. The summed E-state index contributed by atoms with van der Waals surface area (Å²) in [6.07, 6.45) is 4.53. The summed E-state index contributed by atoms with van der Waals surface area (Å²) < 4.78 is 13.1. The van der Waals surface area contributed by atoms with Crippen molar-refractivity contribution in [3.05, 3.63) is 18.0 Å². The predicted octanol–water partition coefficient (Wildman–Crippen LogP) is 1.15. The lowest BCUT2D eigenvalue weighted by Crippen LogP contribution is -2.22. The van der Waals surface area contributed by atoms with Gasteiger partial charge >= 0.3 is 0 Å². The molecule has 92 valence electrons. The van der Waals surface area contributed by atoms with Crippen LogP contribution in [-0.4, -0.2) is 32.0 Å². The Bertz CT molecular complexity index is 338. The molecule has 0 aromatic carbocycles. The summed E-state index contributed by atoms with van der Waals surface area (Å²) in [5.74, 6) is 0. The third-order valence-corrected chi connectivity index (χ3v) is 4.07. The highest BCUT2D eigenvalue weighted by atomic mass is 32.2. The molecule has 0 saturated carbocycles. The Labute approximate surface area is 99.9 Å². The topological polar surface area (TPSA) is 46.9 Å². The molecule has 0 bridgehead atoms. The molecule has 0 spiro atoms. The van der Waals surface area contributed by atoms with Crippen molar-refractivity contribution in [3.63, 3.8) is 0 Å². The quantitative estimate of drug-likeness (QED) is 0.731. The molecule has 0 amide bonds. The van der Waals surface area contributed by atoms with Crippen molar-refractivity contribution >= 4 is 10.8 Å². The minimum absolute atomic E-state index is 0.267. The Kier molecular flexibility index (Phi) is 5.69. The van der Waals surface area contributed by atoms with Gasteiger partial charge in [0, 0.05) is 41.6 Å². The zero-order valence-corrected chi connectivity index (χ0v) is 11.1. The lowest BCUT2D eigenvalue weighted by atomic mass is 10.3. The average molecular weight is 243 g/mol. The molecule has 1 heterocycles. The molecule has 1 aromatic rings. The molecule has 0 aliphatic heterocycles. The fourth-order valence-corrected chi connectivity index (χ4v) is 1.93. The summed E-state index contributed by atoms with van der Waals surface area (Å²) in [4.78, 5) is 0. The molecule has 0 aliphatic rings. The molecule has 1 aromatic heterocycles. The second-order valence-corrected chi connectivity index (χ2v) is 5.71. The van der Waals surface area contributed by atoms with Crippen LogP contribution in [0.4, 0.5) is 0 Å². The molecule has 0 fully saturated rings. The van der Waals surface area contributed by atoms with Crippen molar-refractivity contribution in [1.82, 2.24) is 15.1 Å². The molecule has 2 atom stereocenters. The van der Waals surface area contributed by atoms with Crippen molar-refractivity contribution < 1.29 is 4.21 Å². The molecule has 1 rings (SSSR count). The van der Waals surface area contributed by atoms with Crippen molar-refractivity contribution in [2.45, 2.75) is 38.6 Å². The Balaban J connectivity index is 2.23. The number of nitrogens with zero attached hydrogens (tertiary/aromatic N) is 2. The Morgan fingerprint density at radius 3 is 3.00 bits per heavy atom. The molecule has 5 heteroatoms. The van der Waals surface area contributed by atoms with Crippen LogP contribution in [0.15, 0.2) is 12.3 Å². The summed E-state index contributed by atoms with van der Waals surface area (Å²) in [6.45, 7) is 6.73. The molecule has 4 nitrogen and oxygen atoms in total. The van der Waals surface area contributed by atoms with Gasteiger partial charge in [-0.1, -0.05) is 6.92 Å². The SMILES string of the molecule is CCn1nccc1CNCCC(C)S(C)=O. The van der Waals surface area contributed by atoms with Gasteiger partial charge in [-0.3, -0.25) is 8.89 Å². The first-order chi connectivity index (χ1) is 7.65. The monoisotopic (exact) mass is 243 g/mol. The molecular formula is C11H21N3OS. The second-order valence-electron chi connectivity index (χ2n) is 3.91. The highest BCUT2D eigenvalue weighted by Gasteiger charge is 2.05. The van der Waals surface area contributed by atoms with Gasteiger partial charge in [-0.15, -0.1) is 0 Å². The number of aryl methyl sites for hydroxylation is 1. The number of nitrogens with one attached hydrogen (secondary N) is 1. The van der Waals surface area contributed by atoms with E-state index in [9.17, 15) is 4.21 Å². The van der Waals surface area contributed by atoms with Gasteiger partial charge in [0.2, 0.25) is 0 Å². The number of rotatable bonds is 7. The maximum absolute atomic E-state index is 11.1. The lowest BCUT2D eigenvalue weighted by molar-refractivity contribution is 0.570. The van der Waals surface area contributed by atoms with Gasteiger partial charge < -0.3 is 5.32 Å². The molecule has 0 saturated heterocycles. The van der Waals surface area contributed by atoms with Crippen LogP contribution in [0.1, 0.15) is 26.0 Å². The molecule has 1 N–H and O–H groups in total. The molecule has 16 heavy (non-hydrogen) atoms. The normalized spacial score (nSPS) is 14.9. The van der Waals surface area contributed by atoms with E-state index >= 15 is 0 Å².